The summed E-state index contributed by atoms with van der Waals surface area (Å²) in [4.78, 5) is 0. The van der Waals surface area contributed by atoms with Gasteiger partial charge in [0, 0.05) is 29.7 Å². The van der Waals surface area contributed by atoms with Crippen LogP contribution < -0.4 is 5.73 Å². The number of fused-ring (bicyclic) bond motifs is 1. The number of rotatable bonds is 4. The van der Waals surface area contributed by atoms with Gasteiger partial charge in [0.2, 0.25) is 0 Å². The van der Waals surface area contributed by atoms with Crippen LogP contribution in [0, 0.1) is 11.7 Å². The summed E-state index contributed by atoms with van der Waals surface area (Å²) in [6.07, 6.45) is -2.67. The van der Waals surface area contributed by atoms with E-state index in [0.29, 0.717) is 17.5 Å². The third-order valence-electron chi connectivity index (χ3n) is 4.56. The second-order valence-corrected chi connectivity index (χ2v) is 7.34. The minimum Gasteiger partial charge on any atom is -0.347 e. The summed E-state index contributed by atoms with van der Waals surface area (Å²) in [5.74, 6) is -0.545. The fraction of sp³-hybridized carbons (Fsp3) is 0.333. The lowest BCUT2D eigenvalue weighted by molar-refractivity contribution is -0.137. The maximum Gasteiger partial charge on any atom is 0.417 e. The SMILES string of the molecule is CC(C)Cn1cc([C@@H](C)N)c2ccc(-c3ccc(F)cc3C(F)(F)F)cc21. The smallest absolute Gasteiger partial charge is 0.347 e. The molecule has 0 amide bonds. The van der Waals surface area contributed by atoms with Crippen molar-refractivity contribution in [2.45, 2.75) is 39.5 Å². The van der Waals surface area contributed by atoms with Gasteiger partial charge in [0.15, 0.2) is 0 Å². The monoisotopic (exact) mass is 378 g/mol. The number of benzene rings is 2. The van der Waals surface area contributed by atoms with Crippen molar-refractivity contribution in [3.05, 3.63) is 59.5 Å². The van der Waals surface area contributed by atoms with E-state index in [4.69, 9.17) is 5.73 Å². The van der Waals surface area contributed by atoms with E-state index in [1.54, 1.807) is 18.2 Å². The third kappa shape index (κ3) is 3.86. The van der Waals surface area contributed by atoms with Gasteiger partial charge in [0.1, 0.15) is 5.82 Å². The average molecular weight is 378 g/mol. The highest BCUT2D eigenvalue weighted by molar-refractivity contribution is 5.89. The van der Waals surface area contributed by atoms with Crippen molar-refractivity contribution in [2.24, 2.45) is 11.7 Å². The van der Waals surface area contributed by atoms with Crippen LogP contribution in [0.5, 0.6) is 0 Å². The molecule has 0 bridgehead atoms. The van der Waals surface area contributed by atoms with E-state index in [1.165, 1.54) is 6.07 Å². The van der Waals surface area contributed by atoms with E-state index < -0.39 is 17.6 Å². The molecule has 3 rings (SSSR count). The van der Waals surface area contributed by atoms with Crippen molar-refractivity contribution in [2.75, 3.05) is 0 Å². The van der Waals surface area contributed by atoms with E-state index in [-0.39, 0.29) is 11.6 Å². The highest BCUT2D eigenvalue weighted by atomic mass is 19.4. The number of nitrogens with zero attached hydrogens (tertiary/aromatic N) is 1. The van der Waals surface area contributed by atoms with Crippen molar-refractivity contribution < 1.29 is 17.6 Å². The molecule has 0 aliphatic rings. The van der Waals surface area contributed by atoms with Crippen LogP contribution in [0.2, 0.25) is 0 Å². The lowest BCUT2D eigenvalue weighted by Gasteiger charge is -2.14. The largest absolute Gasteiger partial charge is 0.417 e. The molecule has 0 aliphatic carbocycles. The lowest BCUT2D eigenvalue weighted by Crippen LogP contribution is -2.08. The quantitative estimate of drug-likeness (QED) is 0.543. The molecule has 2 N–H and O–H groups in total. The zero-order valence-corrected chi connectivity index (χ0v) is 15.4. The highest BCUT2D eigenvalue weighted by Gasteiger charge is 2.34. The van der Waals surface area contributed by atoms with E-state index in [2.05, 4.69) is 13.8 Å². The molecule has 2 nitrogen and oxygen atoms in total. The zero-order valence-electron chi connectivity index (χ0n) is 15.4. The molecule has 0 spiro atoms. The van der Waals surface area contributed by atoms with E-state index in [1.807, 2.05) is 17.7 Å². The van der Waals surface area contributed by atoms with E-state index in [0.717, 1.165) is 29.1 Å². The number of aromatic nitrogens is 1. The molecule has 0 unspecified atom stereocenters. The van der Waals surface area contributed by atoms with Crippen LogP contribution in [0.1, 0.15) is 37.9 Å². The van der Waals surface area contributed by atoms with Crippen molar-refractivity contribution in [3.63, 3.8) is 0 Å². The lowest BCUT2D eigenvalue weighted by atomic mass is 9.97. The minimum absolute atomic E-state index is 0.0366. The van der Waals surface area contributed by atoms with Crippen LogP contribution in [0.4, 0.5) is 17.6 Å². The zero-order chi connectivity index (χ0) is 19.9. The van der Waals surface area contributed by atoms with Crippen molar-refractivity contribution >= 4 is 10.9 Å². The Bertz CT molecular complexity index is 968. The topological polar surface area (TPSA) is 30.9 Å². The maximum atomic E-state index is 13.4. The Morgan fingerprint density at radius 3 is 2.33 bits per heavy atom. The second kappa shape index (κ2) is 7.00. The fourth-order valence-electron chi connectivity index (χ4n) is 3.40. The van der Waals surface area contributed by atoms with Crippen molar-refractivity contribution in [1.82, 2.24) is 4.57 Å². The normalized spacial score (nSPS) is 13.5. The first-order valence-electron chi connectivity index (χ1n) is 8.83. The summed E-state index contributed by atoms with van der Waals surface area (Å²) in [5, 5.41) is 0.921. The summed E-state index contributed by atoms with van der Waals surface area (Å²) in [6, 6.07) is 7.74. The summed E-state index contributed by atoms with van der Waals surface area (Å²) in [7, 11) is 0. The van der Waals surface area contributed by atoms with Gasteiger partial charge in [-0.25, -0.2) is 4.39 Å². The molecule has 0 saturated carbocycles. The Morgan fingerprint density at radius 2 is 1.74 bits per heavy atom. The Labute approximate surface area is 155 Å². The Hall–Kier alpha value is -2.34. The van der Waals surface area contributed by atoms with Gasteiger partial charge in [-0.2, -0.15) is 13.2 Å². The Kier molecular flexibility index (Phi) is 5.04. The molecule has 1 atom stereocenters. The van der Waals surface area contributed by atoms with Crippen molar-refractivity contribution in [3.8, 4) is 11.1 Å². The highest BCUT2D eigenvalue weighted by Crippen LogP contribution is 2.39. The first kappa shape index (κ1) is 19.4. The predicted molar refractivity (Wildman–Crippen MR) is 99.8 cm³/mol. The number of hydrogen-bond acceptors (Lipinski definition) is 1. The molecular weight excluding hydrogens is 356 g/mol. The average Bonchev–Trinajstić information content (AvgIpc) is 2.91. The molecule has 1 aromatic heterocycles. The number of halogens is 4. The van der Waals surface area contributed by atoms with Gasteiger partial charge < -0.3 is 10.3 Å². The molecule has 1 heterocycles. The number of alkyl halides is 3. The van der Waals surface area contributed by atoms with E-state index in [9.17, 15) is 17.6 Å². The molecule has 27 heavy (non-hydrogen) atoms. The summed E-state index contributed by atoms with van der Waals surface area (Å²) in [6.45, 7) is 6.75. The number of hydrogen-bond donors (Lipinski definition) is 1. The molecule has 6 heteroatoms. The minimum atomic E-state index is -4.64. The summed E-state index contributed by atoms with van der Waals surface area (Å²) < 4.78 is 55.7. The maximum absolute atomic E-state index is 13.4. The summed E-state index contributed by atoms with van der Waals surface area (Å²) >= 11 is 0. The van der Waals surface area contributed by atoms with Crippen LogP contribution in [0.25, 0.3) is 22.0 Å². The Morgan fingerprint density at radius 1 is 1.04 bits per heavy atom. The first-order chi connectivity index (χ1) is 12.6. The van der Waals surface area contributed by atoms with Gasteiger partial charge in [0.05, 0.1) is 5.56 Å². The third-order valence-corrected chi connectivity index (χ3v) is 4.56. The van der Waals surface area contributed by atoms with E-state index >= 15 is 0 Å². The molecule has 3 aromatic rings. The molecular formula is C21H22F4N2. The second-order valence-electron chi connectivity index (χ2n) is 7.34. The van der Waals surface area contributed by atoms with Gasteiger partial charge in [-0.3, -0.25) is 0 Å². The molecule has 0 aliphatic heterocycles. The fourth-order valence-corrected chi connectivity index (χ4v) is 3.40. The predicted octanol–water partition coefficient (Wildman–Crippen LogP) is 6.14. The van der Waals surface area contributed by atoms with Gasteiger partial charge in [-0.15, -0.1) is 0 Å². The molecule has 144 valence electrons. The Balaban J connectivity index is 2.23. The molecule has 0 fully saturated rings. The van der Waals surface area contributed by atoms with Crippen LogP contribution >= 0.6 is 0 Å². The standard InChI is InChI=1S/C21H22F4N2/c1-12(2)10-27-11-18(13(3)26)17-6-4-14(8-20(17)27)16-7-5-15(22)9-19(16)21(23,24)25/h4-9,11-13H,10,26H2,1-3H3/t13-/m1/s1. The molecule has 2 aromatic carbocycles. The van der Waals surface area contributed by atoms with Gasteiger partial charge in [-0.1, -0.05) is 32.0 Å². The molecule has 0 radical (unpaired) electrons. The van der Waals surface area contributed by atoms with Gasteiger partial charge in [-0.05, 0) is 47.7 Å². The van der Waals surface area contributed by atoms with Gasteiger partial charge in [0.25, 0.3) is 0 Å². The van der Waals surface area contributed by atoms with Crippen LogP contribution in [-0.4, -0.2) is 4.57 Å². The van der Waals surface area contributed by atoms with Crippen LogP contribution in [0.15, 0.2) is 42.6 Å². The first-order valence-corrected chi connectivity index (χ1v) is 8.83. The number of nitrogens with two attached hydrogens (primary N) is 1. The van der Waals surface area contributed by atoms with Gasteiger partial charge >= 0.3 is 6.18 Å². The molecule has 0 saturated heterocycles. The van der Waals surface area contributed by atoms with Crippen LogP contribution in [-0.2, 0) is 12.7 Å². The summed E-state index contributed by atoms with van der Waals surface area (Å²) in [5.41, 5.74) is 7.23. The van der Waals surface area contributed by atoms with Crippen LogP contribution in [0.3, 0.4) is 0 Å². The van der Waals surface area contributed by atoms with Crippen molar-refractivity contribution in [1.29, 1.82) is 0 Å².